The minimum atomic E-state index is -3.38. The minimum absolute atomic E-state index is 0.0522. The third kappa shape index (κ3) is 4.58. The predicted molar refractivity (Wildman–Crippen MR) is 105 cm³/mol. The van der Waals surface area contributed by atoms with E-state index in [4.69, 9.17) is 0 Å². The number of hydrogen-bond donors (Lipinski definition) is 1. The highest BCUT2D eigenvalue weighted by atomic mass is 32.2. The molecule has 2 saturated carbocycles. The van der Waals surface area contributed by atoms with E-state index in [0.717, 1.165) is 23.5 Å². The van der Waals surface area contributed by atoms with Crippen LogP contribution in [0.25, 0.3) is 0 Å². The zero-order valence-corrected chi connectivity index (χ0v) is 16.8. The van der Waals surface area contributed by atoms with Crippen molar-refractivity contribution in [3.63, 3.8) is 0 Å². The SMILES string of the molecule is Cc1cc(C)cc(N(CCCC(=O)N[C@@H]2C[C@H]3CC[C@H]2C3)S(C)(=O)=O)c1. The van der Waals surface area contributed by atoms with Gasteiger partial charge in [0.25, 0.3) is 0 Å². The molecule has 1 aromatic rings. The molecule has 0 aromatic heterocycles. The third-order valence-corrected chi connectivity index (χ3v) is 6.94. The summed E-state index contributed by atoms with van der Waals surface area (Å²) in [7, 11) is -3.38. The van der Waals surface area contributed by atoms with Crippen LogP contribution in [0.2, 0.25) is 0 Å². The van der Waals surface area contributed by atoms with Crippen LogP contribution in [0, 0.1) is 25.7 Å². The molecule has 0 unspecified atom stereocenters. The number of carbonyl (C=O) groups is 1. The highest BCUT2D eigenvalue weighted by Gasteiger charge is 2.39. The Balaban J connectivity index is 1.55. The summed E-state index contributed by atoms with van der Waals surface area (Å²) in [4.78, 5) is 12.3. The summed E-state index contributed by atoms with van der Waals surface area (Å²) in [6, 6.07) is 6.12. The monoisotopic (exact) mass is 378 g/mol. The van der Waals surface area contributed by atoms with Crippen molar-refractivity contribution in [2.75, 3.05) is 17.1 Å². The molecule has 0 heterocycles. The Labute approximate surface area is 157 Å². The van der Waals surface area contributed by atoms with E-state index in [0.29, 0.717) is 37.0 Å². The molecule has 2 aliphatic carbocycles. The van der Waals surface area contributed by atoms with Crippen LogP contribution in [0.4, 0.5) is 5.69 Å². The van der Waals surface area contributed by atoms with Crippen molar-refractivity contribution in [1.82, 2.24) is 5.32 Å². The first-order chi connectivity index (χ1) is 12.2. The second kappa shape index (κ2) is 7.59. The molecule has 0 saturated heterocycles. The van der Waals surface area contributed by atoms with Gasteiger partial charge >= 0.3 is 0 Å². The Bertz CT molecular complexity index is 755. The molecule has 1 amide bonds. The number of nitrogens with zero attached hydrogens (tertiary/aromatic N) is 1. The van der Waals surface area contributed by atoms with Crippen LogP contribution in [0.1, 0.15) is 49.7 Å². The lowest BCUT2D eigenvalue weighted by atomic mass is 9.95. The molecule has 0 spiro atoms. The third-order valence-electron chi connectivity index (χ3n) is 5.74. The van der Waals surface area contributed by atoms with E-state index in [9.17, 15) is 13.2 Å². The van der Waals surface area contributed by atoms with Crippen LogP contribution in [0.5, 0.6) is 0 Å². The first-order valence-electron chi connectivity index (χ1n) is 9.58. The van der Waals surface area contributed by atoms with Crippen LogP contribution in [0.3, 0.4) is 0 Å². The second-order valence-corrected chi connectivity index (χ2v) is 10.0. The molecule has 5 nitrogen and oxygen atoms in total. The fourth-order valence-electron chi connectivity index (χ4n) is 4.66. The molecule has 144 valence electrons. The summed E-state index contributed by atoms with van der Waals surface area (Å²) >= 11 is 0. The van der Waals surface area contributed by atoms with E-state index in [-0.39, 0.29) is 5.91 Å². The average Bonchev–Trinajstić information content (AvgIpc) is 3.11. The smallest absolute Gasteiger partial charge is 0.232 e. The molecule has 2 aliphatic rings. The molecule has 1 N–H and O–H groups in total. The van der Waals surface area contributed by atoms with Crippen LogP contribution >= 0.6 is 0 Å². The number of hydrogen-bond acceptors (Lipinski definition) is 3. The zero-order chi connectivity index (χ0) is 18.9. The van der Waals surface area contributed by atoms with Crippen molar-refractivity contribution in [3.05, 3.63) is 29.3 Å². The van der Waals surface area contributed by atoms with Gasteiger partial charge in [-0.3, -0.25) is 9.10 Å². The summed E-state index contributed by atoms with van der Waals surface area (Å²) in [6.45, 7) is 4.24. The van der Waals surface area contributed by atoms with Gasteiger partial charge in [0.15, 0.2) is 0 Å². The number of aryl methyl sites for hydroxylation is 2. The summed E-state index contributed by atoms with van der Waals surface area (Å²) in [5, 5.41) is 3.17. The molecule has 3 rings (SSSR count). The first-order valence-corrected chi connectivity index (χ1v) is 11.4. The van der Waals surface area contributed by atoms with Gasteiger partial charge in [-0.25, -0.2) is 8.42 Å². The highest BCUT2D eigenvalue weighted by molar-refractivity contribution is 7.92. The second-order valence-electron chi connectivity index (χ2n) is 8.13. The lowest BCUT2D eigenvalue weighted by Crippen LogP contribution is -2.39. The van der Waals surface area contributed by atoms with Crippen molar-refractivity contribution < 1.29 is 13.2 Å². The van der Waals surface area contributed by atoms with Crippen molar-refractivity contribution in [3.8, 4) is 0 Å². The average molecular weight is 379 g/mol. The van der Waals surface area contributed by atoms with E-state index in [1.807, 2.05) is 32.0 Å². The Kier molecular flexibility index (Phi) is 5.61. The number of benzene rings is 1. The maximum Gasteiger partial charge on any atom is 0.232 e. The lowest BCUT2D eigenvalue weighted by Gasteiger charge is -2.24. The van der Waals surface area contributed by atoms with Gasteiger partial charge in [0.1, 0.15) is 0 Å². The standard InChI is InChI=1S/C20H30N2O3S/c1-14-9-15(2)11-18(10-14)22(26(3,24)25)8-4-5-20(23)21-19-13-16-6-7-17(19)12-16/h9-11,16-17,19H,4-8,12-13H2,1-3H3,(H,21,23)/t16-,17-,19+/m0/s1. The van der Waals surface area contributed by atoms with Gasteiger partial charge in [-0.15, -0.1) is 0 Å². The quantitative estimate of drug-likeness (QED) is 0.792. The largest absolute Gasteiger partial charge is 0.353 e. The van der Waals surface area contributed by atoms with Crippen molar-refractivity contribution in [2.24, 2.45) is 11.8 Å². The van der Waals surface area contributed by atoms with Gasteiger partial charge in [0.05, 0.1) is 11.9 Å². The van der Waals surface area contributed by atoms with Gasteiger partial charge in [-0.2, -0.15) is 0 Å². The van der Waals surface area contributed by atoms with Gasteiger partial charge in [-0.1, -0.05) is 12.5 Å². The summed E-state index contributed by atoms with van der Waals surface area (Å²) < 4.78 is 25.9. The normalized spacial score (nSPS) is 24.7. The van der Waals surface area contributed by atoms with E-state index in [2.05, 4.69) is 5.32 Å². The Morgan fingerprint density at radius 1 is 1.15 bits per heavy atom. The zero-order valence-electron chi connectivity index (χ0n) is 16.0. The van der Waals surface area contributed by atoms with Gasteiger partial charge in [0.2, 0.25) is 15.9 Å². The van der Waals surface area contributed by atoms with E-state index >= 15 is 0 Å². The summed E-state index contributed by atoms with van der Waals surface area (Å²) in [5.41, 5.74) is 2.74. The van der Waals surface area contributed by atoms with Crippen LogP contribution < -0.4 is 9.62 Å². The molecular formula is C20H30N2O3S. The maximum absolute atomic E-state index is 12.3. The van der Waals surface area contributed by atoms with Crippen LogP contribution in [-0.2, 0) is 14.8 Å². The predicted octanol–water partition coefficient (Wildman–Crippen LogP) is 3.15. The number of carbonyl (C=O) groups excluding carboxylic acids is 1. The van der Waals surface area contributed by atoms with Crippen LogP contribution in [-0.4, -0.2) is 33.2 Å². The number of sulfonamides is 1. The fraction of sp³-hybridized carbons (Fsp3) is 0.650. The maximum atomic E-state index is 12.3. The first kappa shape index (κ1) is 19.2. The fourth-order valence-corrected chi connectivity index (χ4v) is 5.61. The van der Waals surface area contributed by atoms with E-state index < -0.39 is 10.0 Å². The Morgan fingerprint density at radius 3 is 2.38 bits per heavy atom. The van der Waals surface area contributed by atoms with Crippen molar-refractivity contribution >= 4 is 21.6 Å². The molecule has 26 heavy (non-hydrogen) atoms. The number of amides is 1. The number of nitrogens with one attached hydrogen (secondary N) is 1. The minimum Gasteiger partial charge on any atom is -0.353 e. The molecule has 0 aliphatic heterocycles. The Hall–Kier alpha value is -1.56. The molecule has 1 aromatic carbocycles. The van der Waals surface area contributed by atoms with Gasteiger partial charge in [-0.05, 0) is 74.6 Å². The summed E-state index contributed by atoms with van der Waals surface area (Å²) in [6.07, 6.45) is 7.05. The number of anilines is 1. The molecular weight excluding hydrogens is 348 g/mol. The molecule has 3 atom stereocenters. The van der Waals surface area contributed by atoms with E-state index in [1.54, 1.807) is 0 Å². The summed E-state index contributed by atoms with van der Waals surface area (Å²) in [5.74, 6) is 1.51. The Morgan fingerprint density at radius 2 is 1.85 bits per heavy atom. The molecule has 2 bridgehead atoms. The number of fused-ring (bicyclic) bond motifs is 2. The number of rotatable bonds is 7. The molecule has 0 radical (unpaired) electrons. The molecule has 6 heteroatoms. The van der Waals surface area contributed by atoms with E-state index in [1.165, 1.54) is 29.8 Å². The van der Waals surface area contributed by atoms with Crippen molar-refractivity contribution in [2.45, 2.75) is 58.4 Å². The van der Waals surface area contributed by atoms with Crippen LogP contribution in [0.15, 0.2) is 18.2 Å². The lowest BCUT2D eigenvalue weighted by molar-refractivity contribution is -0.122. The van der Waals surface area contributed by atoms with Gasteiger partial charge < -0.3 is 5.32 Å². The van der Waals surface area contributed by atoms with Gasteiger partial charge in [0, 0.05) is 19.0 Å². The van der Waals surface area contributed by atoms with Crippen molar-refractivity contribution in [1.29, 1.82) is 0 Å². The molecule has 2 fully saturated rings. The highest BCUT2D eigenvalue weighted by Crippen LogP contribution is 2.44. The topological polar surface area (TPSA) is 66.5 Å².